The van der Waals surface area contributed by atoms with Crippen molar-refractivity contribution in [3.8, 4) is 0 Å². The Morgan fingerprint density at radius 3 is 2.25 bits per heavy atom. The number of carboxylic acid groups (broad SMARTS) is 1. The summed E-state index contributed by atoms with van der Waals surface area (Å²) < 4.78 is 26.1. The van der Waals surface area contributed by atoms with Crippen molar-refractivity contribution in [2.24, 2.45) is 0 Å². The molecule has 0 fully saturated rings. The molecule has 0 aliphatic heterocycles. The molecule has 4 rings (SSSR count). The van der Waals surface area contributed by atoms with Crippen molar-refractivity contribution < 1.29 is 18.3 Å². The molecule has 2 N–H and O–H groups in total. The summed E-state index contributed by atoms with van der Waals surface area (Å²) in [6, 6.07) is 29.7. The van der Waals surface area contributed by atoms with E-state index >= 15 is 0 Å². The van der Waals surface area contributed by atoms with Crippen LogP contribution in [0.15, 0.2) is 108 Å². The van der Waals surface area contributed by atoms with Gasteiger partial charge in [-0.2, -0.15) is 0 Å². The number of rotatable bonds is 11. The minimum Gasteiger partial charge on any atom is -0.481 e. The number of anilines is 2. The predicted octanol–water partition coefficient (Wildman–Crippen LogP) is 5.64. The van der Waals surface area contributed by atoms with Gasteiger partial charge in [-0.15, -0.1) is 0 Å². The number of nitrogens with zero attached hydrogens (tertiary/aromatic N) is 1. The summed E-state index contributed by atoms with van der Waals surface area (Å²) in [4.78, 5) is 15.8. The molecule has 36 heavy (non-hydrogen) atoms. The number of aromatic nitrogens is 1. The van der Waals surface area contributed by atoms with Crippen molar-refractivity contribution in [1.82, 2.24) is 4.98 Å². The maximum absolute atomic E-state index is 13.1. The van der Waals surface area contributed by atoms with Gasteiger partial charge in [0.05, 0.1) is 17.1 Å². The zero-order valence-corrected chi connectivity index (χ0v) is 20.6. The second kappa shape index (κ2) is 11.6. The van der Waals surface area contributed by atoms with Crippen LogP contribution in [-0.4, -0.2) is 30.2 Å². The molecule has 0 saturated carbocycles. The molecule has 7 heteroatoms. The minimum absolute atomic E-state index is 0.208. The van der Waals surface area contributed by atoms with E-state index in [1.54, 1.807) is 42.6 Å². The topological polar surface area (TPSA) is 96.4 Å². The van der Waals surface area contributed by atoms with Gasteiger partial charge in [-0.05, 0) is 65.9 Å². The normalized spacial score (nSPS) is 12.1. The van der Waals surface area contributed by atoms with Gasteiger partial charge in [0.25, 0.3) is 0 Å². The minimum atomic E-state index is -3.65. The van der Waals surface area contributed by atoms with E-state index in [0.29, 0.717) is 5.56 Å². The van der Waals surface area contributed by atoms with Gasteiger partial charge in [-0.3, -0.25) is 4.79 Å². The molecule has 1 heterocycles. The van der Waals surface area contributed by atoms with Gasteiger partial charge in [-0.25, -0.2) is 13.4 Å². The average molecular weight is 501 g/mol. The Labute approximate surface area is 211 Å². The van der Waals surface area contributed by atoms with Gasteiger partial charge >= 0.3 is 5.97 Å². The molecular formula is C29H28N2O4S. The van der Waals surface area contributed by atoms with Gasteiger partial charge < -0.3 is 10.4 Å². The summed E-state index contributed by atoms with van der Waals surface area (Å²) in [5.41, 5.74) is 3.86. The molecule has 3 aromatic carbocycles. The second-order valence-electron chi connectivity index (χ2n) is 8.67. The van der Waals surface area contributed by atoms with Crippen LogP contribution in [0.4, 0.5) is 11.5 Å². The molecule has 0 aliphatic carbocycles. The third kappa shape index (κ3) is 7.02. The standard InChI is InChI=1S/C29H28N2O4S/c32-29(33)20-25(24-8-2-1-3-9-24)21-36(34,35)27-16-14-22(15-17-27)12-13-23-7-6-10-26(19-23)31-28-11-4-5-18-30-28/h1-11,14-19,25H,12-13,20-21H2,(H,30,31)(H,32,33)/t25-/m0/s1. The molecule has 0 aliphatic rings. The fourth-order valence-corrected chi connectivity index (χ4v) is 5.69. The third-order valence-electron chi connectivity index (χ3n) is 5.96. The third-order valence-corrected chi connectivity index (χ3v) is 7.79. The summed E-state index contributed by atoms with van der Waals surface area (Å²) >= 11 is 0. The Morgan fingerprint density at radius 1 is 0.833 bits per heavy atom. The molecule has 0 unspecified atom stereocenters. The highest BCUT2D eigenvalue weighted by Crippen LogP contribution is 2.25. The Hall–Kier alpha value is -3.97. The number of carbonyl (C=O) groups is 1. The lowest BCUT2D eigenvalue weighted by Crippen LogP contribution is -2.18. The highest BCUT2D eigenvalue weighted by atomic mass is 32.2. The largest absolute Gasteiger partial charge is 0.481 e. The Kier molecular flexibility index (Phi) is 8.13. The number of hydrogen-bond donors (Lipinski definition) is 2. The van der Waals surface area contributed by atoms with Crippen molar-refractivity contribution in [2.45, 2.75) is 30.1 Å². The monoisotopic (exact) mass is 500 g/mol. The zero-order valence-electron chi connectivity index (χ0n) is 19.7. The van der Waals surface area contributed by atoms with Crippen LogP contribution in [-0.2, 0) is 27.5 Å². The van der Waals surface area contributed by atoms with E-state index in [1.807, 2.05) is 48.5 Å². The van der Waals surface area contributed by atoms with Crippen LogP contribution in [0.3, 0.4) is 0 Å². The smallest absolute Gasteiger partial charge is 0.303 e. The molecule has 6 nitrogen and oxygen atoms in total. The molecule has 1 aromatic heterocycles. The van der Waals surface area contributed by atoms with Gasteiger partial charge in [0.15, 0.2) is 9.84 Å². The molecule has 184 valence electrons. The summed E-state index contributed by atoms with van der Waals surface area (Å²) in [5.74, 6) is -1.10. The maximum Gasteiger partial charge on any atom is 0.303 e. The van der Waals surface area contributed by atoms with E-state index in [0.717, 1.165) is 35.5 Å². The highest BCUT2D eigenvalue weighted by Gasteiger charge is 2.24. The van der Waals surface area contributed by atoms with E-state index in [9.17, 15) is 18.3 Å². The Morgan fingerprint density at radius 2 is 1.56 bits per heavy atom. The van der Waals surface area contributed by atoms with Crippen molar-refractivity contribution in [2.75, 3.05) is 11.1 Å². The van der Waals surface area contributed by atoms with Crippen LogP contribution in [0.1, 0.15) is 29.0 Å². The molecule has 4 aromatic rings. The fraction of sp³-hybridized carbons (Fsp3) is 0.172. The first-order valence-corrected chi connectivity index (χ1v) is 13.4. The van der Waals surface area contributed by atoms with E-state index < -0.39 is 21.7 Å². The van der Waals surface area contributed by atoms with Crippen molar-refractivity contribution in [1.29, 1.82) is 0 Å². The fourth-order valence-electron chi connectivity index (χ4n) is 4.11. The lowest BCUT2D eigenvalue weighted by molar-refractivity contribution is -0.137. The first-order valence-electron chi connectivity index (χ1n) is 11.7. The number of hydrogen-bond acceptors (Lipinski definition) is 5. The molecule has 0 amide bonds. The number of pyridine rings is 1. The number of aryl methyl sites for hydroxylation is 2. The van der Waals surface area contributed by atoms with Crippen LogP contribution in [0.2, 0.25) is 0 Å². The van der Waals surface area contributed by atoms with E-state index in [4.69, 9.17) is 0 Å². The molecular weight excluding hydrogens is 472 g/mol. The highest BCUT2D eigenvalue weighted by molar-refractivity contribution is 7.91. The van der Waals surface area contributed by atoms with E-state index in [1.165, 1.54) is 0 Å². The predicted molar refractivity (Wildman–Crippen MR) is 141 cm³/mol. The Bertz CT molecular complexity index is 1390. The van der Waals surface area contributed by atoms with Crippen LogP contribution in [0.5, 0.6) is 0 Å². The molecule has 0 spiro atoms. The van der Waals surface area contributed by atoms with Gasteiger partial charge in [0.2, 0.25) is 0 Å². The molecule has 1 atom stereocenters. The molecule has 0 radical (unpaired) electrons. The van der Waals surface area contributed by atoms with Gasteiger partial charge in [0.1, 0.15) is 5.82 Å². The van der Waals surface area contributed by atoms with Crippen molar-refractivity contribution in [3.63, 3.8) is 0 Å². The van der Waals surface area contributed by atoms with Gasteiger partial charge in [-0.1, -0.05) is 60.7 Å². The van der Waals surface area contributed by atoms with Crippen molar-refractivity contribution >= 4 is 27.3 Å². The van der Waals surface area contributed by atoms with Crippen molar-refractivity contribution in [3.05, 3.63) is 120 Å². The summed E-state index contributed by atoms with van der Waals surface area (Å²) in [5, 5.41) is 12.6. The summed E-state index contributed by atoms with van der Waals surface area (Å²) in [7, 11) is -3.65. The lowest BCUT2D eigenvalue weighted by atomic mass is 9.98. The number of aliphatic carboxylic acids is 1. The van der Waals surface area contributed by atoms with Gasteiger partial charge in [0, 0.05) is 17.8 Å². The van der Waals surface area contributed by atoms with Crippen LogP contribution in [0, 0.1) is 0 Å². The lowest BCUT2D eigenvalue weighted by Gasteiger charge is -2.16. The zero-order chi connectivity index (χ0) is 25.4. The second-order valence-corrected chi connectivity index (χ2v) is 10.7. The summed E-state index contributed by atoms with van der Waals surface area (Å²) in [6.07, 6.45) is 3.07. The maximum atomic E-state index is 13.1. The first kappa shape index (κ1) is 25.1. The van der Waals surface area contributed by atoms with E-state index in [-0.39, 0.29) is 17.1 Å². The SMILES string of the molecule is O=C(O)C[C@@H](CS(=O)(=O)c1ccc(CCc2cccc(Nc3ccccn3)c2)cc1)c1ccccc1. The number of benzene rings is 3. The molecule has 0 bridgehead atoms. The summed E-state index contributed by atoms with van der Waals surface area (Å²) in [6.45, 7) is 0. The van der Waals surface area contributed by atoms with E-state index in [2.05, 4.69) is 22.4 Å². The molecule has 0 saturated heterocycles. The average Bonchev–Trinajstić information content (AvgIpc) is 2.88. The van der Waals surface area contributed by atoms with Crippen LogP contribution < -0.4 is 5.32 Å². The number of carboxylic acids is 1. The van der Waals surface area contributed by atoms with Crippen LogP contribution >= 0.6 is 0 Å². The number of nitrogens with one attached hydrogen (secondary N) is 1. The first-order chi connectivity index (χ1) is 17.4. The van der Waals surface area contributed by atoms with Crippen LogP contribution in [0.25, 0.3) is 0 Å². The Balaban J connectivity index is 1.40. The number of sulfone groups is 1. The quantitative estimate of drug-likeness (QED) is 0.277.